The average Bonchev–Trinajstić information content (AvgIpc) is 3.36. The zero-order valence-electron chi connectivity index (χ0n) is 16.5. The minimum absolute atomic E-state index is 0.265. The van der Waals surface area contributed by atoms with Crippen molar-refractivity contribution in [2.45, 2.75) is 32.4 Å². The Morgan fingerprint density at radius 1 is 1.14 bits per heavy atom. The lowest BCUT2D eigenvalue weighted by Crippen LogP contribution is -2.43. The number of likely N-dealkylation sites (tertiary alicyclic amines) is 3. The molecule has 7 nitrogen and oxygen atoms in total. The third-order valence-electron chi connectivity index (χ3n) is 5.97. The second-order valence-corrected chi connectivity index (χ2v) is 7.79. The Balaban J connectivity index is 0.000000345. The summed E-state index contributed by atoms with van der Waals surface area (Å²) in [5.41, 5.74) is 0.265. The van der Waals surface area contributed by atoms with Gasteiger partial charge in [0, 0.05) is 57.7 Å². The van der Waals surface area contributed by atoms with Crippen LogP contribution in [-0.4, -0.2) is 97.5 Å². The van der Waals surface area contributed by atoms with E-state index in [0.29, 0.717) is 5.92 Å². The lowest BCUT2D eigenvalue weighted by molar-refractivity contribution is -0.192. The molecule has 28 heavy (non-hydrogen) atoms. The quantitative estimate of drug-likeness (QED) is 0.773. The maximum Gasteiger partial charge on any atom is 0.490 e. The number of aliphatic carboxylic acids is 1. The van der Waals surface area contributed by atoms with Gasteiger partial charge in [-0.1, -0.05) is 6.92 Å². The Kier molecular flexibility index (Phi) is 7.55. The van der Waals surface area contributed by atoms with E-state index in [4.69, 9.17) is 14.6 Å². The van der Waals surface area contributed by atoms with Crippen LogP contribution < -0.4 is 0 Å². The van der Waals surface area contributed by atoms with Gasteiger partial charge < -0.3 is 24.5 Å². The number of amides is 2. The van der Waals surface area contributed by atoms with Crippen molar-refractivity contribution in [1.82, 2.24) is 14.7 Å². The molecule has 0 aromatic carbocycles. The van der Waals surface area contributed by atoms with Gasteiger partial charge in [0.25, 0.3) is 0 Å². The van der Waals surface area contributed by atoms with E-state index in [0.717, 1.165) is 58.8 Å². The predicted octanol–water partition coefficient (Wildman–Crippen LogP) is 2.13. The van der Waals surface area contributed by atoms with Crippen LogP contribution >= 0.6 is 0 Å². The van der Waals surface area contributed by atoms with Crippen LogP contribution in [0.2, 0.25) is 0 Å². The van der Waals surface area contributed by atoms with Gasteiger partial charge >= 0.3 is 18.2 Å². The van der Waals surface area contributed by atoms with E-state index in [-0.39, 0.29) is 11.4 Å². The number of carboxylic acid groups (broad SMARTS) is 1. The lowest BCUT2D eigenvalue weighted by Gasteiger charge is -2.31. The van der Waals surface area contributed by atoms with Gasteiger partial charge in [0.2, 0.25) is 0 Å². The fourth-order valence-corrected chi connectivity index (χ4v) is 4.45. The first-order valence-electron chi connectivity index (χ1n) is 9.68. The summed E-state index contributed by atoms with van der Waals surface area (Å²) >= 11 is 0. The molecule has 2 amide bonds. The molecule has 10 heteroatoms. The van der Waals surface area contributed by atoms with Crippen molar-refractivity contribution in [1.29, 1.82) is 0 Å². The molecule has 162 valence electrons. The molecule has 2 atom stereocenters. The van der Waals surface area contributed by atoms with Crippen LogP contribution in [0.4, 0.5) is 18.0 Å². The van der Waals surface area contributed by atoms with E-state index in [1.165, 1.54) is 12.8 Å². The van der Waals surface area contributed by atoms with Crippen molar-refractivity contribution in [3.63, 3.8) is 0 Å². The third-order valence-corrected chi connectivity index (χ3v) is 5.97. The summed E-state index contributed by atoms with van der Waals surface area (Å²) in [6.07, 6.45) is -1.61. The highest BCUT2D eigenvalue weighted by Crippen LogP contribution is 2.44. The Bertz CT molecular complexity index is 555. The summed E-state index contributed by atoms with van der Waals surface area (Å²) in [5, 5.41) is 7.12. The first-order chi connectivity index (χ1) is 13.1. The molecule has 3 rings (SSSR count). The third kappa shape index (κ3) is 5.28. The first kappa shape index (κ1) is 22.7. The van der Waals surface area contributed by atoms with Crippen LogP contribution in [0.15, 0.2) is 0 Å². The van der Waals surface area contributed by atoms with E-state index < -0.39 is 12.1 Å². The Morgan fingerprint density at radius 3 is 2.25 bits per heavy atom. The van der Waals surface area contributed by atoms with Gasteiger partial charge in [-0.05, 0) is 25.8 Å². The normalized spacial score (nSPS) is 28.0. The molecular formula is C18H30F3N3O4. The molecule has 0 unspecified atom stereocenters. The van der Waals surface area contributed by atoms with Crippen molar-refractivity contribution >= 4 is 12.0 Å². The molecule has 3 heterocycles. The van der Waals surface area contributed by atoms with Crippen LogP contribution in [0.3, 0.4) is 0 Å². The molecule has 0 radical (unpaired) electrons. The van der Waals surface area contributed by atoms with Crippen molar-refractivity contribution < 1.29 is 32.6 Å². The average molecular weight is 409 g/mol. The molecule has 1 N–H and O–H groups in total. The van der Waals surface area contributed by atoms with Crippen LogP contribution in [0, 0.1) is 11.3 Å². The van der Waals surface area contributed by atoms with Crippen LogP contribution in [0.5, 0.6) is 0 Å². The number of carboxylic acids is 1. The summed E-state index contributed by atoms with van der Waals surface area (Å²) in [5.74, 6) is -2.19. The van der Waals surface area contributed by atoms with E-state index in [9.17, 15) is 18.0 Å². The second-order valence-electron chi connectivity index (χ2n) is 7.79. The van der Waals surface area contributed by atoms with Crippen molar-refractivity contribution in [3.05, 3.63) is 0 Å². The molecular weight excluding hydrogens is 379 g/mol. The van der Waals surface area contributed by atoms with Crippen LogP contribution in [-0.2, 0) is 9.53 Å². The number of hydrogen-bond acceptors (Lipinski definition) is 4. The van der Waals surface area contributed by atoms with Gasteiger partial charge in [-0.25, -0.2) is 9.59 Å². The number of carbonyl (C=O) groups is 2. The number of ether oxygens (including phenoxy) is 1. The minimum Gasteiger partial charge on any atom is -0.475 e. The van der Waals surface area contributed by atoms with Gasteiger partial charge in [-0.2, -0.15) is 13.2 Å². The monoisotopic (exact) mass is 409 g/mol. The summed E-state index contributed by atoms with van der Waals surface area (Å²) in [6, 6.07) is 0.274. The number of methoxy groups -OCH3 is 1. The Hall–Kier alpha value is -1.55. The highest BCUT2D eigenvalue weighted by Gasteiger charge is 2.51. The van der Waals surface area contributed by atoms with Crippen molar-refractivity contribution in [2.24, 2.45) is 11.3 Å². The zero-order valence-corrected chi connectivity index (χ0v) is 16.5. The van der Waals surface area contributed by atoms with Crippen molar-refractivity contribution in [3.8, 4) is 0 Å². The summed E-state index contributed by atoms with van der Waals surface area (Å²) < 4.78 is 37.2. The number of rotatable bonds is 3. The second kappa shape index (κ2) is 9.30. The van der Waals surface area contributed by atoms with E-state index >= 15 is 0 Å². The number of alkyl halides is 3. The maximum absolute atomic E-state index is 12.6. The zero-order chi connectivity index (χ0) is 20.9. The Morgan fingerprint density at radius 2 is 1.75 bits per heavy atom. The molecule has 3 aliphatic heterocycles. The van der Waals surface area contributed by atoms with Gasteiger partial charge in [0.15, 0.2) is 0 Å². The van der Waals surface area contributed by atoms with E-state index in [1.807, 2.05) is 4.90 Å². The molecule has 0 bridgehead atoms. The van der Waals surface area contributed by atoms with E-state index in [2.05, 4.69) is 16.7 Å². The molecule has 3 aliphatic rings. The SMILES string of the molecule is CCN1C[C@H](COC)[C@]2(CCN(C(=O)N3CCCC3)C2)C1.O=C(O)C(F)(F)F. The number of nitrogens with zero attached hydrogens (tertiary/aromatic N) is 3. The largest absolute Gasteiger partial charge is 0.490 e. The summed E-state index contributed by atoms with van der Waals surface area (Å²) in [7, 11) is 1.80. The fourth-order valence-electron chi connectivity index (χ4n) is 4.45. The summed E-state index contributed by atoms with van der Waals surface area (Å²) in [4.78, 5) is 28.2. The van der Waals surface area contributed by atoms with Gasteiger partial charge in [-0.3, -0.25) is 0 Å². The molecule has 3 saturated heterocycles. The maximum atomic E-state index is 12.6. The van der Waals surface area contributed by atoms with Gasteiger partial charge in [-0.15, -0.1) is 0 Å². The molecule has 1 spiro atoms. The number of carbonyl (C=O) groups excluding carboxylic acids is 1. The molecule has 0 saturated carbocycles. The van der Waals surface area contributed by atoms with Crippen molar-refractivity contribution in [2.75, 3.05) is 59.5 Å². The smallest absolute Gasteiger partial charge is 0.475 e. The first-order valence-corrected chi connectivity index (χ1v) is 9.68. The number of hydrogen-bond donors (Lipinski definition) is 1. The number of halogens is 3. The molecule has 0 aliphatic carbocycles. The minimum atomic E-state index is -5.08. The van der Waals surface area contributed by atoms with Gasteiger partial charge in [0.1, 0.15) is 0 Å². The predicted molar refractivity (Wildman–Crippen MR) is 96.0 cm³/mol. The van der Waals surface area contributed by atoms with Gasteiger partial charge in [0.05, 0.1) is 6.61 Å². The standard InChI is InChI=1S/C16H29N3O2.C2HF3O2/c1-3-17-10-14(11-21-2)16(12-17)6-9-19(13-16)15(20)18-7-4-5-8-18;3-2(4,5)1(6)7/h14H,3-13H2,1-2H3;(H,6,7)/t14-,16-;/m1./s1. The topological polar surface area (TPSA) is 73.3 Å². The van der Waals surface area contributed by atoms with E-state index in [1.54, 1.807) is 7.11 Å². The Labute approximate surface area is 163 Å². The fraction of sp³-hybridized carbons (Fsp3) is 0.889. The number of urea groups is 1. The summed E-state index contributed by atoms with van der Waals surface area (Å²) in [6.45, 7) is 10.1. The highest BCUT2D eigenvalue weighted by molar-refractivity contribution is 5.75. The van der Waals surface area contributed by atoms with Crippen LogP contribution in [0.25, 0.3) is 0 Å². The molecule has 0 aromatic rings. The molecule has 3 fully saturated rings. The molecule has 0 aromatic heterocycles. The lowest BCUT2D eigenvalue weighted by atomic mass is 9.78. The van der Waals surface area contributed by atoms with Crippen LogP contribution in [0.1, 0.15) is 26.2 Å². The highest BCUT2D eigenvalue weighted by atomic mass is 19.4.